The minimum atomic E-state index is 0.798. The van der Waals surface area contributed by atoms with Gasteiger partial charge in [-0.05, 0) is 57.1 Å². The molecular weight excluding hydrogens is 360 g/mol. The van der Waals surface area contributed by atoms with E-state index in [9.17, 15) is 0 Å². The minimum absolute atomic E-state index is 0.798. The van der Waals surface area contributed by atoms with Crippen LogP contribution in [0.4, 0.5) is 0 Å². The van der Waals surface area contributed by atoms with Gasteiger partial charge in [-0.15, -0.1) is 0 Å². The molecule has 24 heavy (non-hydrogen) atoms. The molecule has 4 aromatic carbocycles. The van der Waals surface area contributed by atoms with Crippen LogP contribution < -0.4 is 0 Å². The van der Waals surface area contributed by atoms with Gasteiger partial charge in [0, 0.05) is 11.9 Å². The summed E-state index contributed by atoms with van der Waals surface area (Å²) in [6.45, 7) is 1.66. The van der Waals surface area contributed by atoms with Crippen molar-refractivity contribution in [3.8, 4) is 0 Å². The van der Waals surface area contributed by atoms with Gasteiger partial charge in [-0.1, -0.05) is 70.5 Å². The Morgan fingerprint density at radius 3 is 2.21 bits per heavy atom. The quantitative estimate of drug-likeness (QED) is 0.207. The highest BCUT2D eigenvalue weighted by Crippen LogP contribution is 2.35. The molecule has 0 radical (unpaired) electrons. The number of halogens is 1. The summed E-state index contributed by atoms with van der Waals surface area (Å²) in [5.41, 5.74) is 1.39. The Hall–Kier alpha value is -1.64. The molecule has 0 bridgehead atoms. The first-order valence-electron chi connectivity index (χ1n) is 8.67. The Kier molecular flexibility index (Phi) is 4.68. The summed E-state index contributed by atoms with van der Waals surface area (Å²) in [6, 6.07) is 20.1. The summed E-state index contributed by atoms with van der Waals surface area (Å²) >= 11 is 3.46. The van der Waals surface area contributed by atoms with Crippen LogP contribution in [0.1, 0.15) is 18.4 Å². The second-order valence-electron chi connectivity index (χ2n) is 6.34. The van der Waals surface area contributed by atoms with Crippen LogP contribution in [0.2, 0.25) is 0 Å². The number of rotatable bonds is 7. The van der Waals surface area contributed by atoms with E-state index >= 15 is 0 Å². The van der Waals surface area contributed by atoms with Crippen molar-refractivity contribution in [3.63, 3.8) is 0 Å². The molecule has 122 valence electrons. The summed E-state index contributed by atoms with van der Waals surface area (Å²) in [4.78, 5) is 0. The SMILES string of the molecule is BrCCCCOCCc1ccc2ccc3cccc4ccc1c2c34. The third kappa shape index (κ3) is 2.89. The number of alkyl halides is 1. The van der Waals surface area contributed by atoms with Crippen LogP contribution in [-0.4, -0.2) is 18.5 Å². The predicted molar refractivity (Wildman–Crippen MR) is 108 cm³/mol. The van der Waals surface area contributed by atoms with Gasteiger partial charge in [-0.25, -0.2) is 0 Å². The lowest BCUT2D eigenvalue weighted by Gasteiger charge is -2.14. The summed E-state index contributed by atoms with van der Waals surface area (Å²) in [6.07, 6.45) is 3.28. The van der Waals surface area contributed by atoms with Gasteiger partial charge in [-0.3, -0.25) is 0 Å². The fourth-order valence-electron chi connectivity index (χ4n) is 3.60. The number of hydrogen-bond donors (Lipinski definition) is 0. The third-order valence-electron chi connectivity index (χ3n) is 4.81. The predicted octanol–water partition coefficient (Wildman–Crippen LogP) is 6.32. The molecular formula is C22H21BrO. The Labute approximate surface area is 151 Å². The van der Waals surface area contributed by atoms with E-state index in [1.807, 2.05) is 0 Å². The lowest BCUT2D eigenvalue weighted by molar-refractivity contribution is 0.134. The molecule has 2 heteroatoms. The van der Waals surface area contributed by atoms with Crippen molar-refractivity contribution in [2.45, 2.75) is 19.3 Å². The highest BCUT2D eigenvalue weighted by atomic mass is 79.9. The van der Waals surface area contributed by atoms with Gasteiger partial charge in [0.15, 0.2) is 0 Å². The van der Waals surface area contributed by atoms with E-state index in [2.05, 4.69) is 70.5 Å². The van der Waals surface area contributed by atoms with Crippen LogP contribution in [0.15, 0.2) is 54.6 Å². The summed E-state index contributed by atoms with van der Waals surface area (Å²) in [5.74, 6) is 0. The van der Waals surface area contributed by atoms with Crippen molar-refractivity contribution in [2.75, 3.05) is 18.5 Å². The zero-order chi connectivity index (χ0) is 16.4. The van der Waals surface area contributed by atoms with Crippen LogP contribution in [0.25, 0.3) is 32.3 Å². The van der Waals surface area contributed by atoms with Gasteiger partial charge < -0.3 is 4.74 Å². The van der Waals surface area contributed by atoms with Gasteiger partial charge >= 0.3 is 0 Å². The van der Waals surface area contributed by atoms with E-state index in [1.54, 1.807) is 0 Å². The van der Waals surface area contributed by atoms with Gasteiger partial charge in [0.2, 0.25) is 0 Å². The van der Waals surface area contributed by atoms with Crippen molar-refractivity contribution in [2.24, 2.45) is 0 Å². The molecule has 1 nitrogen and oxygen atoms in total. The summed E-state index contributed by atoms with van der Waals surface area (Å²) in [5, 5.41) is 9.22. The molecule has 0 saturated heterocycles. The van der Waals surface area contributed by atoms with Crippen molar-refractivity contribution in [3.05, 3.63) is 60.2 Å². The van der Waals surface area contributed by atoms with Crippen LogP contribution >= 0.6 is 15.9 Å². The van der Waals surface area contributed by atoms with Crippen molar-refractivity contribution < 1.29 is 4.74 Å². The number of ether oxygens (including phenoxy) is 1. The summed E-state index contributed by atoms with van der Waals surface area (Å²) < 4.78 is 5.81. The zero-order valence-electron chi connectivity index (χ0n) is 13.7. The molecule has 0 fully saturated rings. The Balaban J connectivity index is 1.67. The highest BCUT2D eigenvalue weighted by Gasteiger charge is 2.10. The molecule has 0 aromatic heterocycles. The molecule has 0 aliphatic carbocycles. The monoisotopic (exact) mass is 380 g/mol. The lowest BCUT2D eigenvalue weighted by Crippen LogP contribution is -2.01. The molecule has 4 rings (SSSR count). The number of benzene rings is 4. The first kappa shape index (κ1) is 15.9. The van der Waals surface area contributed by atoms with Crippen molar-refractivity contribution in [1.82, 2.24) is 0 Å². The molecule has 0 heterocycles. The van der Waals surface area contributed by atoms with E-state index in [0.29, 0.717) is 0 Å². The average molecular weight is 381 g/mol. The van der Waals surface area contributed by atoms with Crippen LogP contribution in [0, 0.1) is 0 Å². The van der Waals surface area contributed by atoms with E-state index in [0.717, 1.165) is 31.4 Å². The average Bonchev–Trinajstić information content (AvgIpc) is 2.63. The Morgan fingerprint density at radius 1 is 0.708 bits per heavy atom. The molecule has 4 aromatic rings. The molecule has 0 saturated carbocycles. The molecule has 0 unspecified atom stereocenters. The first-order chi connectivity index (χ1) is 11.9. The van der Waals surface area contributed by atoms with E-state index in [-0.39, 0.29) is 0 Å². The Morgan fingerprint density at radius 2 is 1.42 bits per heavy atom. The maximum atomic E-state index is 5.81. The normalized spacial score (nSPS) is 11.9. The Bertz CT molecular complexity index is 944. The van der Waals surface area contributed by atoms with E-state index in [4.69, 9.17) is 4.74 Å². The van der Waals surface area contributed by atoms with Crippen LogP contribution in [0.3, 0.4) is 0 Å². The van der Waals surface area contributed by atoms with Gasteiger partial charge in [0.1, 0.15) is 0 Å². The third-order valence-corrected chi connectivity index (χ3v) is 5.37. The minimum Gasteiger partial charge on any atom is -0.381 e. The van der Waals surface area contributed by atoms with Crippen LogP contribution in [0.5, 0.6) is 0 Å². The largest absolute Gasteiger partial charge is 0.381 e. The number of unbranched alkanes of at least 4 members (excludes halogenated alkanes) is 1. The number of hydrogen-bond acceptors (Lipinski definition) is 1. The molecule has 0 spiro atoms. The highest BCUT2D eigenvalue weighted by molar-refractivity contribution is 9.09. The maximum absolute atomic E-state index is 5.81. The second kappa shape index (κ2) is 7.08. The van der Waals surface area contributed by atoms with Gasteiger partial charge in [0.25, 0.3) is 0 Å². The van der Waals surface area contributed by atoms with Crippen LogP contribution in [-0.2, 0) is 11.2 Å². The fraction of sp³-hybridized carbons (Fsp3) is 0.273. The first-order valence-corrected chi connectivity index (χ1v) is 9.80. The standard InChI is InChI=1S/C22H21BrO/c23-13-1-2-14-24-15-12-16-6-7-19-9-8-17-4-3-5-18-10-11-20(16)22(19)21(17)18/h3-11H,1-2,12-15H2. The van der Waals surface area contributed by atoms with Gasteiger partial charge in [0.05, 0.1) is 6.61 Å². The van der Waals surface area contributed by atoms with Crippen molar-refractivity contribution >= 4 is 48.2 Å². The van der Waals surface area contributed by atoms with Gasteiger partial charge in [-0.2, -0.15) is 0 Å². The maximum Gasteiger partial charge on any atom is 0.0506 e. The summed E-state index contributed by atoms with van der Waals surface area (Å²) in [7, 11) is 0. The molecule has 0 atom stereocenters. The fourth-order valence-corrected chi connectivity index (χ4v) is 3.99. The molecule has 0 aliphatic heterocycles. The van der Waals surface area contributed by atoms with E-state index in [1.165, 1.54) is 44.3 Å². The lowest BCUT2D eigenvalue weighted by atomic mass is 9.91. The second-order valence-corrected chi connectivity index (χ2v) is 7.13. The molecule has 0 aliphatic rings. The zero-order valence-corrected chi connectivity index (χ0v) is 15.3. The topological polar surface area (TPSA) is 9.23 Å². The smallest absolute Gasteiger partial charge is 0.0506 e. The molecule has 0 amide bonds. The van der Waals surface area contributed by atoms with Crippen molar-refractivity contribution in [1.29, 1.82) is 0 Å². The van der Waals surface area contributed by atoms with E-state index < -0.39 is 0 Å². The molecule has 0 N–H and O–H groups in total.